The van der Waals surface area contributed by atoms with Crippen molar-refractivity contribution in [3.05, 3.63) is 26.7 Å². The molecule has 0 spiro atoms. The molecule has 0 N–H and O–H groups in total. The number of carbonyl (C=O) groups excluding carboxylic acids is 1. The molecule has 0 unspecified atom stereocenters. The third kappa shape index (κ3) is 3.76. The average molecular weight is 391 g/mol. The maximum absolute atomic E-state index is 12.8. The Morgan fingerprint density at radius 3 is 2.39 bits per heavy atom. The molecule has 0 aromatic carbocycles. The molecule has 0 aliphatic carbocycles. The van der Waals surface area contributed by atoms with Crippen molar-refractivity contribution in [2.75, 3.05) is 19.7 Å². The molecule has 1 saturated heterocycles. The van der Waals surface area contributed by atoms with Gasteiger partial charge in [-0.1, -0.05) is 13.8 Å². The van der Waals surface area contributed by atoms with Gasteiger partial charge in [-0.15, -0.1) is 0 Å². The fraction of sp³-hybridized carbons (Fsp3) is 0.684. The van der Waals surface area contributed by atoms with E-state index in [1.54, 1.807) is 18.5 Å². The van der Waals surface area contributed by atoms with Crippen molar-refractivity contribution >= 4 is 17.1 Å². The van der Waals surface area contributed by atoms with Crippen LogP contribution in [0.15, 0.2) is 9.59 Å². The van der Waals surface area contributed by atoms with E-state index in [2.05, 4.69) is 23.7 Å². The van der Waals surface area contributed by atoms with Crippen LogP contribution in [0.2, 0.25) is 0 Å². The number of nitrogens with zero attached hydrogens (tertiary/aromatic N) is 5. The van der Waals surface area contributed by atoms with E-state index in [1.807, 2.05) is 0 Å². The van der Waals surface area contributed by atoms with Crippen molar-refractivity contribution in [3.8, 4) is 0 Å². The third-order valence-electron chi connectivity index (χ3n) is 5.33. The number of carbonyl (C=O) groups is 1. The Morgan fingerprint density at radius 2 is 1.79 bits per heavy atom. The minimum atomic E-state index is -0.457. The molecule has 1 fully saturated rings. The molecule has 0 saturated carbocycles. The lowest BCUT2D eigenvalue weighted by Crippen LogP contribution is -2.39. The monoisotopic (exact) mass is 391 g/mol. The third-order valence-corrected chi connectivity index (χ3v) is 5.33. The molecule has 1 aliphatic rings. The summed E-state index contributed by atoms with van der Waals surface area (Å²) in [6, 6.07) is 0. The zero-order valence-electron chi connectivity index (χ0n) is 17.3. The van der Waals surface area contributed by atoms with Gasteiger partial charge >= 0.3 is 11.7 Å². The van der Waals surface area contributed by atoms with Crippen molar-refractivity contribution in [2.45, 2.75) is 40.3 Å². The van der Waals surface area contributed by atoms with Gasteiger partial charge in [0.15, 0.2) is 11.2 Å². The number of esters is 1. The van der Waals surface area contributed by atoms with Crippen LogP contribution in [0.3, 0.4) is 0 Å². The summed E-state index contributed by atoms with van der Waals surface area (Å²) in [5.41, 5.74) is -0.345. The van der Waals surface area contributed by atoms with Crippen LogP contribution in [0.25, 0.3) is 11.2 Å². The summed E-state index contributed by atoms with van der Waals surface area (Å²) in [6.07, 6.45) is 1.19. The van der Waals surface area contributed by atoms with Gasteiger partial charge < -0.3 is 9.30 Å². The van der Waals surface area contributed by atoms with E-state index < -0.39 is 17.2 Å². The molecule has 3 rings (SSSR count). The summed E-state index contributed by atoms with van der Waals surface area (Å²) in [5.74, 6) is 1.31. The van der Waals surface area contributed by atoms with E-state index in [0.717, 1.165) is 17.7 Å². The predicted molar refractivity (Wildman–Crippen MR) is 105 cm³/mol. The second kappa shape index (κ2) is 7.90. The van der Waals surface area contributed by atoms with Gasteiger partial charge in [-0.2, -0.15) is 0 Å². The van der Waals surface area contributed by atoms with Crippen molar-refractivity contribution in [3.63, 3.8) is 0 Å². The van der Waals surface area contributed by atoms with Crippen LogP contribution >= 0.6 is 0 Å². The number of piperidine rings is 1. The van der Waals surface area contributed by atoms with E-state index in [0.29, 0.717) is 29.9 Å². The Labute approximate surface area is 163 Å². The van der Waals surface area contributed by atoms with Gasteiger partial charge in [0, 0.05) is 27.2 Å². The highest BCUT2D eigenvalue weighted by atomic mass is 16.5. The first-order valence-corrected chi connectivity index (χ1v) is 9.76. The summed E-state index contributed by atoms with van der Waals surface area (Å²) in [4.78, 5) is 44.2. The van der Waals surface area contributed by atoms with Gasteiger partial charge in [0.05, 0.1) is 13.2 Å². The van der Waals surface area contributed by atoms with E-state index in [-0.39, 0.29) is 18.7 Å². The second-order valence-electron chi connectivity index (χ2n) is 7.94. The number of aromatic nitrogens is 4. The summed E-state index contributed by atoms with van der Waals surface area (Å²) < 4.78 is 9.09. The van der Waals surface area contributed by atoms with Crippen molar-refractivity contribution in [1.29, 1.82) is 0 Å². The maximum atomic E-state index is 12.8. The quantitative estimate of drug-likeness (QED) is 0.689. The summed E-state index contributed by atoms with van der Waals surface area (Å²) in [5, 5.41) is 0. The highest BCUT2D eigenvalue weighted by molar-refractivity contribution is 5.76. The Bertz CT molecular complexity index is 992. The molecular formula is C19H29N5O4. The molecule has 0 radical (unpaired) electrons. The first kappa shape index (κ1) is 20.3. The molecule has 0 amide bonds. The number of hydrogen-bond donors (Lipinski definition) is 0. The lowest BCUT2D eigenvalue weighted by atomic mass is 9.92. The molecule has 2 aromatic heterocycles. The Hall–Kier alpha value is -2.42. The number of hydrogen-bond acceptors (Lipinski definition) is 6. The SMILES string of the molecule is CCOC(=O)Cn1c(CN2C[C@@H](C)C[C@H](C)C2)nc2c1c(=O)n(C)c(=O)n2C. The standard InChI is InChI=1S/C19H29N5O4/c1-6-28-15(25)11-24-14(10-23-8-12(2)7-13(3)9-23)20-17-16(24)18(26)22(5)19(27)21(17)4/h12-13H,6-11H2,1-5H3/t12-,13-/m0/s1. The molecule has 3 heterocycles. The van der Waals surface area contributed by atoms with Crippen molar-refractivity contribution in [2.24, 2.45) is 25.9 Å². The Kier molecular flexibility index (Phi) is 5.74. The number of ether oxygens (including phenoxy) is 1. The molecule has 154 valence electrons. The number of likely N-dealkylation sites (tertiary alicyclic amines) is 1. The minimum Gasteiger partial charge on any atom is -0.465 e. The molecule has 28 heavy (non-hydrogen) atoms. The van der Waals surface area contributed by atoms with Gasteiger partial charge in [-0.3, -0.25) is 23.6 Å². The average Bonchev–Trinajstić information content (AvgIpc) is 2.95. The van der Waals surface area contributed by atoms with Crippen LogP contribution in [0.1, 0.15) is 33.0 Å². The van der Waals surface area contributed by atoms with Crippen molar-refractivity contribution < 1.29 is 9.53 Å². The normalized spacial score (nSPS) is 20.6. The van der Waals surface area contributed by atoms with E-state index in [1.165, 1.54) is 18.0 Å². The lowest BCUT2D eigenvalue weighted by Gasteiger charge is -2.34. The number of imidazole rings is 1. The Morgan fingerprint density at radius 1 is 1.14 bits per heavy atom. The number of rotatable bonds is 5. The maximum Gasteiger partial charge on any atom is 0.332 e. The largest absolute Gasteiger partial charge is 0.465 e. The van der Waals surface area contributed by atoms with Crippen LogP contribution < -0.4 is 11.2 Å². The van der Waals surface area contributed by atoms with Crippen LogP contribution in [0.4, 0.5) is 0 Å². The second-order valence-corrected chi connectivity index (χ2v) is 7.94. The first-order chi connectivity index (χ1) is 13.2. The van der Waals surface area contributed by atoms with E-state index in [9.17, 15) is 14.4 Å². The molecule has 0 bridgehead atoms. The van der Waals surface area contributed by atoms with Crippen LogP contribution in [-0.2, 0) is 36.7 Å². The van der Waals surface area contributed by atoms with Gasteiger partial charge in [0.1, 0.15) is 12.4 Å². The minimum absolute atomic E-state index is 0.105. The lowest BCUT2D eigenvalue weighted by molar-refractivity contribution is -0.143. The molecule has 2 aromatic rings. The van der Waals surface area contributed by atoms with Gasteiger partial charge in [-0.25, -0.2) is 9.78 Å². The molecular weight excluding hydrogens is 362 g/mol. The highest BCUT2D eigenvalue weighted by Gasteiger charge is 2.26. The molecule has 1 aliphatic heterocycles. The fourth-order valence-corrected chi connectivity index (χ4v) is 4.24. The van der Waals surface area contributed by atoms with Gasteiger partial charge in [0.2, 0.25) is 0 Å². The predicted octanol–water partition coefficient (Wildman–Crippen LogP) is 0.475. The van der Waals surface area contributed by atoms with Gasteiger partial charge in [-0.05, 0) is 25.2 Å². The molecule has 9 nitrogen and oxygen atoms in total. The highest BCUT2D eigenvalue weighted by Crippen LogP contribution is 2.23. The van der Waals surface area contributed by atoms with Crippen LogP contribution in [0, 0.1) is 11.8 Å². The van der Waals surface area contributed by atoms with Crippen LogP contribution in [-0.4, -0.2) is 49.3 Å². The topological polar surface area (TPSA) is 91.4 Å². The summed E-state index contributed by atoms with van der Waals surface area (Å²) in [7, 11) is 3.01. The van der Waals surface area contributed by atoms with E-state index >= 15 is 0 Å². The zero-order chi connectivity index (χ0) is 20.6. The van der Waals surface area contributed by atoms with Crippen molar-refractivity contribution in [1.82, 2.24) is 23.6 Å². The fourth-order valence-electron chi connectivity index (χ4n) is 4.24. The molecule has 2 atom stereocenters. The first-order valence-electron chi connectivity index (χ1n) is 9.76. The Balaban J connectivity index is 2.11. The number of fused-ring (bicyclic) bond motifs is 1. The zero-order valence-corrected chi connectivity index (χ0v) is 17.3. The van der Waals surface area contributed by atoms with E-state index in [4.69, 9.17) is 4.74 Å². The smallest absolute Gasteiger partial charge is 0.332 e. The van der Waals surface area contributed by atoms with Crippen LogP contribution in [0.5, 0.6) is 0 Å². The molecule has 9 heteroatoms. The number of aryl methyl sites for hydroxylation is 1. The van der Waals surface area contributed by atoms with Gasteiger partial charge in [0.25, 0.3) is 5.56 Å². The summed E-state index contributed by atoms with van der Waals surface area (Å²) >= 11 is 0. The summed E-state index contributed by atoms with van der Waals surface area (Å²) in [6.45, 7) is 8.73.